The van der Waals surface area contributed by atoms with Gasteiger partial charge in [0.2, 0.25) is 0 Å². The van der Waals surface area contributed by atoms with Gasteiger partial charge >= 0.3 is 0 Å². The summed E-state index contributed by atoms with van der Waals surface area (Å²) in [6, 6.07) is 11.9. The molecule has 1 aliphatic rings. The molecule has 2 heterocycles. The normalized spacial score (nSPS) is 16.8. The van der Waals surface area contributed by atoms with E-state index in [2.05, 4.69) is 22.2 Å². The van der Waals surface area contributed by atoms with Crippen molar-refractivity contribution in [3.8, 4) is 11.4 Å². The maximum Gasteiger partial charge on any atom is 0.272 e. The summed E-state index contributed by atoms with van der Waals surface area (Å²) in [7, 11) is 1.69. The number of carbonyl (C=O) groups is 1. The number of rotatable bonds is 8. The lowest BCUT2D eigenvalue weighted by atomic mass is 9.99. The number of carbonyl (C=O) groups excluding carboxylic acids is 1. The first kappa shape index (κ1) is 20.3. The van der Waals surface area contributed by atoms with Crippen LogP contribution >= 0.6 is 0 Å². The fourth-order valence-corrected chi connectivity index (χ4v) is 3.64. The van der Waals surface area contributed by atoms with Gasteiger partial charge in [0.1, 0.15) is 11.5 Å². The Bertz CT molecular complexity index is 766. The number of hydrogen-bond acceptors (Lipinski definition) is 5. The molecule has 1 aromatic carbocycles. The van der Waals surface area contributed by atoms with E-state index in [1.165, 1.54) is 6.42 Å². The topological polar surface area (TPSA) is 67.4 Å². The highest BCUT2D eigenvalue weighted by Gasteiger charge is 2.27. The molecule has 1 aromatic heterocycles. The summed E-state index contributed by atoms with van der Waals surface area (Å²) in [6.07, 6.45) is 5.16. The average Bonchev–Trinajstić information content (AvgIpc) is 2.76. The predicted octanol–water partition coefficient (Wildman–Crippen LogP) is 4.00. The second kappa shape index (κ2) is 10.2. The van der Waals surface area contributed by atoms with Crippen molar-refractivity contribution < 1.29 is 9.53 Å². The zero-order chi connectivity index (χ0) is 19.8. The monoisotopic (exact) mass is 382 g/mol. The van der Waals surface area contributed by atoms with Gasteiger partial charge < -0.3 is 15.0 Å². The van der Waals surface area contributed by atoms with E-state index in [9.17, 15) is 4.79 Å². The number of nitrogens with zero attached hydrogens (tertiary/aromatic N) is 3. The first-order valence-electron chi connectivity index (χ1n) is 10.2. The van der Waals surface area contributed by atoms with Crippen LogP contribution in [0.15, 0.2) is 36.4 Å². The van der Waals surface area contributed by atoms with Gasteiger partial charge in [-0.15, -0.1) is 0 Å². The summed E-state index contributed by atoms with van der Waals surface area (Å²) in [5.41, 5.74) is 1.37. The highest BCUT2D eigenvalue weighted by atomic mass is 16.5. The standard InChI is InChI=1S/C22H30N4O2/c1-3-18-12-7-8-14-26(18)22(27)19-16-20(23-13-9-15-28-2)25-21(24-19)17-10-5-4-6-11-17/h4-6,10-11,16,18H,3,7-9,12-15H2,1-2H3,(H,23,24,25). The molecule has 150 valence electrons. The number of amides is 1. The number of hydrogen-bond donors (Lipinski definition) is 1. The lowest BCUT2D eigenvalue weighted by molar-refractivity contribution is 0.0602. The van der Waals surface area contributed by atoms with Gasteiger partial charge in [-0.2, -0.15) is 0 Å². The fourth-order valence-electron chi connectivity index (χ4n) is 3.64. The van der Waals surface area contributed by atoms with E-state index in [-0.39, 0.29) is 5.91 Å². The molecule has 0 spiro atoms. The zero-order valence-electron chi connectivity index (χ0n) is 16.9. The van der Waals surface area contributed by atoms with Crippen molar-refractivity contribution >= 4 is 11.7 Å². The molecule has 0 radical (unpaired) electrons. The molecule has 3 rings (SSSR count). The highest BCUT2D eigenvalue weighted by molar-refractivity contribution is 5.93. The van der Waals surface area contributed by atoms with Crippen molar-refractivity contribution in [2.24, 2.45) is 0 Å². The highest BCUT2D eigenvalue weighted by Crippen LogP contribution is 2.24. The minimum atomic E-state index is 0.00562. The van der Waals surface area contributed by atoms with E-state index in [1.54, 1.807) is 13.2 Å². The molecule has 0 aliphatic carbocycles. The smallest absolute Gasteiger partial charge is 0.272 e. The predicted molar refractivity (Wildman–Crippen MR) is 111 cm³/mol. The average molecular weight is 383 g/mol. The molecule has 1 amide bonds. The third-order valence-electron chi connectivity index (χ3n) is 5.17. The van der Waals surface area contributed by atoms with Gasteiger partial charge in [0.25, 0.3) is 5.91 Å². The van der Waals surface area contributed by atoms with Gasteiger partial charge in [-0.1, -0.05) is 37.3 Å². The second-order valence-electron chi connectivity index (χ2n) is 7.16. The lowest BCUT2D eigenvalue weighted by Gasteiger charge is -2.35. The number of aromatic nitrogens is 2. The van der Waals surface area contributed by atoms with E-state index in [0.29, 0.717) is 30.0 Å². The Labute approximate surface area is 167 Å². The third kappa shape index (κ3) is 5.07. The van der Waals surface area contributed by atoms with Gasteiger partial charge in [0.15, 0.2) is 5.82 Å². The van der Waals surface area contributed by atoms with Gasteiger partial charge in [0, 0.05) is 44.5 Å². The molecule has 1 N–H and O–H groups in total. The van der Waals surface area contributed by atoms with Crippen LogP contribution < -0.4 is 5.32 Å². The van der Waals surface area contributed by atoms with Crippen molar-refractivity contribution in [3.63, 3.8) is 0 Å². The molecule has 1 unspecified atom stereocenters. The molecule has 0 saturated carbocycles. The van der Waals surface area contributed by atoms with Gasteiger partial charge in [0.05, 0.1) is 0 Å². The van der Waals surface area contributed by atoms with Crippen LogP contribution in [0.5, 0.6) is 0 Å². The van der Waals surface area contributed by atoms with Crippen molar-refractivity contribution in [2.75, 3.05) is 32.1 Å². The molecule has 1 fully saturated rings. The number of nitrogens with one attached hydrogen (secondary N) is 1. The van der Waals surface area contributed by atoms with Crippen molar-refractivity contribution in [1.82, 2.24) is 14.9 Å². The molecule has 2 aromatic rings. The Balaban J connectivity index is 1.88. The van der Waals surface area contributed by atoms with Crippen LogP contribution in [0.25, 0.3) is 11.4 Å². The quantitative estimate of drug-likeness (QED) is 0.699. The molecule has 1 saturated heterocycles. The van der Waals surface area contributed by atoms with Crippen LogP contribution in [0.2, 0.25) is 0 Å². The Kier molecular flexibility index (Phi) is 7.37. The van der Waals surface area contributed by atoms with Crippen LogP contribution in [0.4, 0.5) is 5.82 Å². The first-order chi connectivity index (χ1) is 13.7. The molecular weight excluding hydrogens is 352 g/mol. The summed E-state index contributed by atoms with van der Waals surface area (Å²) in [5.74, 6) is 1.26. The maximum absolute atomic E-state index is 13.3. The second-order valence-corrected chi connectivity index (χ2v) is 7.16. The maximum atomic E-state index is 13.3. The van der Waals surface area contributed by atoms with E-state index in [1.807, 2.05) is 35.2 Å². The Hall–Kier alpha value is -2.47. The van der Waals surface area contributed by atoms with E-state index < -0.39 is 0 Å². The molecule has 1 aliphatic heterocycles. The van der Waals surface area contributed by atoms with Crippen LogP contribution in [-0.4, -0.2) is 53.6 Å². The number of anilines is 1. The zero-order valence-corrected chi connectivity index (χ0v) is 16.9. The SMILES string of the molecule is CCC1CCCCN1C(=O)c1cc(NCCCOC)nc(-c2ccccc2)n1. The summed E-state index contributed by atoms with van der Waals surface area (Å²) in [5, 5.41) is 3.31. The Morgan fingerprint density at radius 1 is 1.25 bits per heavy atom. The van der Waals surface area contributed by atoms with Crippen LogP contribution in [-0.2, 0) is 4.74 Å². The summed E-state index contributed by atoms with van der Waals surface area (Å²) >= 11 is 0. The Morgan fingerprint density at radius 2 is 2.07 bits per heavy atom. The summed E-state index contributed by atoms with van der Waals surface area (Å²) < 4.78 is 5.10. The summed E-state index contributed by atoms with van der Waals surface area (Å²) in [4.78, 5) is 24.5. The minimum Gasteiger partial charge on any atom is -0.385 e. The molecule has 6 nitrogen and oxygen atoms in total. The molecule has 0 bridgehead atoms. The van der Waals surface area contributed by atoms with Crippen LogP contribution in [0.3, 0.4) is 0 Å². The molecule has 28 heavy (non-hydrogen) atoms. The van der Waals surface area contributed by atoms with Crippen molar-refractivity contribution in [3.05, 3.63) is 42.1 Å². The number of likely N-dealkylation sites (tertiary alicyclic amines) is 1. The van der Waals surface area contributed by atoms with Gasteiger partial charge in [-0.25, -0.2) is 9.97 Å². The first-order valence-corrected chi connectivity index (χ1v) is 10.2. The number of ether oxygens (including phenoxy) is 1. The molecular formula is C22H30N4O2. The van der Waals surface area contributed by atoms with Crippen LogP contribution in [0.1, 0.15) is 49.5 Å². The van der Waals surface area contributed by atoms with E-state index in [0.717, 1.165) is 44.3 Å². The van der Waals surface area contributed by atoms with Gasteiger partial charge in [-0.3, -0.25) is 4.79 Å². The largest absolute Gasteiger partial charge is 0.385 e. The number of methoxy groups -OCH3 is 1. The van der Waals surface area contributed by atoms with Crippen molar-refractivity contribution in [1.29, 1.82) is 0 Å². The van der Waals surface area contributed by atoms with E-state index in [4.69, 9.17) is 4.74 Å². The fraction of sp³-hybridized carbons (Fsp3) is 0.500. The third-order valence-corrected chi connectivity index (χ3v) is 5.17. The molecule has 1 atom stereocenters. The summed E-state index contributed by atoms with van der Waals surface area (Å²) in [6.45, 7) is 4.36. The minimum absolute atomic E-state index is 0.00562. The van der Waals surface area contributed by atoms with Crippen molar-refractivity contribution in [2.45, 2.75) is 45.1 Å². The number of piperidine rings is 1. The molecule has 6 heteroatoms. The van der Waals surface area contributed by atoms with E-state index >= 15 is 0 Å². The lowest BCUT2D eigenvalue weighted by Crippen LogP contribution is -2.43. The number of benzene rings is 1. The van der Waals surface area contributed by atoms with Crippen LogP contribution in [0, 0.1) is 0 Å². The Morgan fingerprint density at radius 3 is 2.82 bits per heavy atom. The van der Waals surface area contributed by atoms with Gasteiger partial charge in [-0.05, 0) is 32.1 Å².